The lowest BCUT2D eigenvalue weighted by Crippen LogP contribution is -2.37. The van der Waals surface area contributed by atoms with Gasteiger partial charge in [-0.3, -0.25) is 9.59 Å². The van der Waals surface area contributed by atoms with Crippen LogP contribution >= 0.6 is 27.5 Å². The Hall–Kier alpha value is -1.79. The van der Waals surface area contributed by atoms with Gasteiger partial charge in [-0.15, -0.1) is 0 Å². The molecule has 7 heteroatoms. The molecule has 1 aromatic heterocycles. The van der Waals surface area contributed by atoms with Gasteiger partial charge >= 0.3 is 0 Å². The van der Waals surface area contributed by atoms with Crippen molar-refractivity contribution in [1.29, 1.82) is 0 Å². The van der Waals surface area contributed by atoms with E-state index in [1.807, 2.05) is 19.1 Å². The Labute approximate surface area is 141 Å². The Morgan fingerprint density at radius 2 is 2.09 bits per heavy atom. The molecule has 2 rings (SSSR count). The minimum Gasteiger partial charge on any atom is -0.444 e. The number of benzene rings is 1. The summed E-state index contributed by atoms with van der Waals surface area (Å²) < 4.78 is 5.55. The van der Waals surface area contributed by atoms with Crippen molar-refractivity contribution in [1.82, 2.24) is 10.6 Å². The molecule has 0 bridgehead atoms. The van der Waals surface area contributed by atoms with Gasteiger partial charge in [-0.1, -0.05) is 23.7 Å². The van der Waals surface area contributed by atoms with E-state index in [4.69, 9.17) is 16.0 Å². The summed E-state index contributed by atoms with van der Waals surface area (Å²) in [4.78, 5) is 23.6. The second-order valence-corrected chi connectivity index (χ2v) is 5.85. The van der Waals surface area contributed by atoms with Gasteiger partial charge in [0.25, 0.3) is 5.91 Å². The van der Waals surface area contributed by atoms with Gasteiger partial charge in [-0.2, -0.15) is 0 Å². The van der Waals surface area contributed by atoms with E-state index in [1.165, 1.54) is 6.07 Å². The van der Waals surface area contributed by atoms with Crippen molar-refractivity contribution in [2.24, 2.45) is 0 Å². The molecule has 1 atom stereocenters. The summed E-state index contributed by atoms with van der Waals surface area (Å²) in [5, 5.41) is 5.88. The molecule has 22 heavy (non-hydrogen) atoms. The molecule has 116 valence electrons. The SMILES string of the molecule is CC(NC(=O)CNC(=O)c1ccc(Br)o1)c1cccc(Cl)c1. The summed E-state index contributed by atoms with van der Waals surface area (Å²) in [7, 11) is 0. The summed E-state index contributed by atoms with van der Waals surface area (Å²) >= 11 is 9.02. The molecule has 0 aliphatic heterocycles. The maximum atomic E-state index is 11.9. The van der Waals surface area contributed by atoms with E-state index < -0.39 is 5.91 Å². The highest BCUT2D eigenvalue weighted by atomic mass is 79.9. The Morgan fingerprint density at radius 3 is 2.73 bits per heavy atom. The largest absolute Gasteiger partial charge is 0.444 e. The van der Waals surface area contributed by atoms with E-state index in [1.54, 1.807) is 18.2 Å². The molecule has 0 aliphatic carbocycles. The van der Waals surface area contributed by atoms with Crippen LogP contribution in [0.3, 0.4) is 0 Å². The number of furan rings is 1. The average molecular weight is 386 g/mol. The lowest BCUT2D eigenvalue weighted by atomic mass is 10.1. The van der Waals surface area contributed by atoms with Crippen LogP contribution in [-0.4, -0.2) is 18.4 Å². The van der Waals surface area contributed by atoms with E-state index in [0.29, 0.717) is 9.69 Å². The smallest absolute Gasteiger partial charge is 0.287 e. The molecule has 1 unspecified atom stereocenters. The van der Waals surface area contributed by atoms with Crippen molar-refractivity contribution in [2.75, 3.05) is 6.54 Å². The molecule has 2 amide bonds. The van der Waals surface area contributed by atoms with Crippen molar-refractivity contribution in [3.8, 4) is 0 Å². The van der Waals surface area contributed by atoms with Crippen molar-refractivity contribution in [2.45, 2.75) is 13.0 Å². The monoisotopic (exact) mass is 384 g/mol. The molecule has 2 N–H and O–H groups in total. The highest BCUT2D eigenvalue weighted by Crippen LogP contribution is 2.17. The second kappa shape index (κ2) is 7.47. The number of carbonyl (C=O) groups excluding carboxylic acids is 2. The third-order valence-electron chi connectivity index (χ3n) is 2.93. The third kappa shape index (κ3) is 4.61. The molecule has 0 saturated heterocycles. The van der Waals surface area contributed by atoms with E-state index in [9.17, 15) is 9.59 Å². The van der Waals surface area contributed by atoms with Gasteiger partial charge in [0.05, 0.1) is 12.6 Å². The van der Waals surface area contributed by atoms with Crippen molar-refractivity contribution >= 4 is 39.3 Å². The summed E-state index contributed by atoms with van der Waals surface area (Å²) in [5.74, 6) is -0.606. The quantitative estimate of drug-likeness (QED) is 0.829. The standard InChI is InChI=1S/C15H14BrClN2O3/c1-9(10-3-2-4-11(17)7-10)19-14(20)8-18-15(21)12-5-6-13(16)22-12/h2-7,9H,8H2,1H3,(H,18,21)(H,19,20). The molecule has 0 radical (unpaired) electrons. The molecule has 1 aromatic carbocycles. The van der Waals surface area contributed by atoms with E-state index in [0.717, 1.165) is 5.56 Å². The lowest BCUT2D eigenvalue weighted by Gasteiger charge is -2.14. The van der Waals surface area contributed by atoms with Crippen molar-refractivity contribution in [3.05, 3.63) is 57.4 Å². The molecule has 0 fully saturated rings. The zero-order chi connectivity index (χ0) is 16.1. The molecule has 0 aliphatic rings. The summed E-state index contributed by atoms with van der Waals surface area (Å²) in [6.07, 6.45) is 0. The summed E-state index contributed by atoms with van der Waals surface area (Å²) in [6.45, 7) is 1.71. The van der Waals surface area contributed by atoms with Crippen LogP contribution in [-0.2, 0) is 4.79 Å². The van der Waals surface area contributed by atoms with Gasteiger partial charge < -0.3 is 15.1 Å². The number of halogens is 2. The Balaban J connectivity index is 1.84. The Bertz CT molecular complexity index is 687. The molecular weight excluding hydrogens is 372 g/mol. The van der Waals surface area contributed by atoms with Crippen LogP contribution < -0.4 is 10.6 Å². The first kappa shape index (κ1) is 16.6. The van der Waals surface area contributed by atoms with Crippen molar-refractivity contribution in [3.63, 3.8) is 0 Å². The number of hydrogen-bond donors (Lipinski definition) is 2. The van der Waals surface area contributed by atoms with Crippen LogP contribution in [0.15, 0.2) is 45.5 Å². The minimum atomic E-state index is -0.448. The van der Waals surface area contributed by atoms with E-state index >= 15 is 0 Å². The second-order valence-electron chi connectivity index (χ2n) is 4.63. The lowest BCUT2D eigenvalue weighted by molar-refractivity contribution is -0.120. The highest BCUT2D eigenvalue weighted by molar-refractivity contribution is 9.10. The van der Waals surface area contributed by atoms with Crippen LogP contribution in [0.1, 0.15) is 29.1 Å². The number of hydrogen-bond acceptors (Lipinski definition) is 3. The first-order valence-corrected chi connectivity index (χ1v) is 7.71. The molecule has 1 heterocycles. The highest BCUT2D eigenvalue weighted by Gasteiger charge is 2.14. The van der Waals surface area contributed by atoms with Crippen LogP contribution in [0.25, 0.3) is 0 Å². The Kier molecular flexibility index (Phi) is 5.63. The topological polar surface area (TPSA) is 71.3 Å². The van der Waals surface area contributed by atoms with Gasteiger partial charge in [0.2, 0.25) is 5.91 Å². The fourth-order valence-corrected chi connectivity index (χ4v) is 2.34. The van der Waals surface area contributed by atoms with Gasteiger partial charge in [0.15, 0.2) is 10.4 Å². The number of carbonyl (C=O) groups is 2. The summed E-state index contributed by atoms with van der Waals surface area (Å²) in [6, 6.07) is 10.2. The zero-order valence-corrected chi connectivity index (χ0v) is 14.1. The number of nitrogens with one attached hydrogen (secondary N) is 2. The fourth-order valence-electron chi connectivity index (χ4n) is 1.84. The van der Waals surface area contributed by atoms with Crippen LogP contribution in [0.5, 0.6) is 0 Å². The van der Waals surface area contributed by atoms with E-state index in [-0.39, 0.29) is 24.3 Å². The van der Waals surface area contributed by atoms with Gasteiger partial charge in [0.1, 0.15) is 0 Å². The van der Waals surface area contributed by atoms with Crippen LogP contribution in [0.2, 0.25) is 5.02 Å². The fraction of sp³-hybridized carbons (Fsp3) is 0.200. The van der Waals surface area contributed by atoms with Crippen LogP contribution in [0, 0.1) is 0 Å². The Morgan fingerprint density at radius 1 is 1.32 bits per heavy atom. The predicted molar refractivity (Wildman–Crippen MR) is 86.8 cm³/mol. The zero-order valence-electron chi connectivity index (χ0n) is 11.7. The van der Waals surface area contributed by atoms with Gasteiger partial charge in [-0.25, -0.2) is 0 Å². The molecule has 0 spiro atoms. The maximum absolute atomic E-state index is 11.9. The molecule has 5 nitrogen and oxygen atoms in total. The number of amides is 2. The normalized spacial score (nSPS) is 11.8. The summed E-state index contributed by atoms with van der Waals surface area (Å²) in [5.41, 5.74) is 0.891. The van der Waals surface area contributed by atoms with Crippen molar-refractivity contribution < 1.29 is 14.0 Å². The minimum absolute atomic E-state index is 0.137. The first-order chi connectivity index (χ1) is 10.5. The van der Waals surface area contributed by atoms with Crippen LogP contribution in [0.4, 0.5) is 0 Å². The molecule has 0 saturated carbocycles. The van der Waals surface area contributed by atoms with Gasteiger partial charge in [-0.05, 0) is 52.7 Å². The molecular formula is C15H14BrClN2O3. The predicted octanol–water partition coefficient (Wildman–Crippen LogP) is 3.30. The average Bonchev–Trinajstić information content (AvgIpc) is 2.91. The maximum Gasteiger partial charge on any atom is 0.287 e. The van der Waals surface area contributed by atoms with Gasteiger partial charge in [0, 0.05) is 5.02 Å². The number of rotatable bonds is 5. The molecule has 2 aromatic rings. The first-order valence-electron chi connectivity index (χ1n) is 6.54. The van der Waals surface area contributed by atoms with E-state index in [2.05, 4.69) is 26.6 Å². The third-order valence-corrected chi connectivity index (χ3v) is 3.59.